The molecule has 1 heterocycles. The van der Waals surface area contributed by atoms with Gasteiger partial charge in [-0.25, -0.2) is 8.42 Å². The fourth-order valence-corrected chi connectivity index (χ4v) is 4.67. The van der Waals surface area contributed by atoms with Crippen molar-refractivity contribution in [1.29, 1.82) is 0 Å². The zero-order chi connectivity index (χ0) is 15.6. The second-order valence-electron chi connectivity index (χ2n) is 4.68. The molecule has 0 radical (unpaired) electrons. The van der Waals surface area contributed by atoms with Gasteiger partial charge in [-0.2, -0.15) is 4.31 Å². The Morgan fingerprint density at radius 2 is 1.90 bits per heavy atom. The van der Waals surface area contributed by atoms with Crippen LogP contribution in [0.1, 0.15) is 6.92 Å². The second kappa shape index (κ2) is 6.51. The Hall–Kier alpha value is -0.830. The molecule has 1 atom stereocenters. The van der Waals surface area contributed by atoms with Gasteiger partial charge in [0.25, 0.3) is 0 Å². The van der Waals surface area contributed by atoms with Crippen LogP contribution in [-0.4, -0.2) is 52.7 Å². The standard InChI is InChI=1S/C13H18BrNO5S/c1-9-8-15(4-5-20-9)21(16,17)13-7-12(19-3)11(18-2)6-10(13)14/h6-7,9H,4-5,8H2,1-3H3. The molecule has 1 aliphatic heterocycles. The first-order valence-corrected chi connectivity index (χ1v) is 8.66. The molecule has 0 bridgehead atoms. The van der Waals surface area contributed by atoms with E-state index in [1.165, 1.54) is 24.6 Å². The van der Waals surface area contributed by atoms with Crippen LogP contribution >= 0.6 is 15.9 Å². The largest absolute Gasteiger partial charge is 0.493 e. The van der Waals surface area contributed by atoms with E-state index >= 15 is 0 Å². The summed E-state index contributed by atoms with van der Waals surface area (Å²) in [5.41, 5.74) is 0. The summed E-state index contributed by atoms with van der Waals surface area (Å²) in [6.45, 7) is 2.92. The zero-order valence-corrected chi connectivity index (χ0v) is 14.5. The van der Waals surface area contributed by atoms with Crippen molar-refractivity contribution in [2.75, 3.05) is 33.9 Å². The molecule has 21 heavy (non-hydrogen) atoms. The first-order valence-electron chi connectivity index (χ1n) is 6.43. The molecular formula is C13H18BrNO5S. The first kappa shape index (κ1) is 16.5. The summed E-state index contributed by atoms with van der Waals surface area (Å²) in [5, 5.41) is 0. The van der Waals surface area contributed by atoms with Crippen LogP contribution in [0, 0.1) is 0 Å². The predicted octanol–water partition coefficient (Wildman–Crippen LogP) is 1.88. The maximum atomic E-state index is 12.8. The van der Waals surface area contributed by atoms with E-state index < -0.39 is 10.0 Å². The number of methoxy groups -OCH3 is 2. The van der Waals surface area contributed by atoms with Crippen LogP contribution in [0.3, 0.4) is 0 Å². The monoisotopic (exact) mass is 379 g/mol. The summed E-state index contributed by atoms with van der Waals surface area (Å²) in [6, 6.07) is 3.06. The van der Waals surface area contributed by atoms with Crippen LogP contribution in [0.5, 0.6) is 11.5 Å². The summed E-state index contributed by atoms with van der Waals surface area (Å²) in [4.78, 5) is 0.161. The molecule has 1 aromatic carbocycles. The van der Waals surface area contributed by atoms with Crippen molar-refractivity contribution in [3.63, 3.8) is 0 Å². The van der Waals surface area contributed by atoms with E-state index in [1.54, 1.807) is 6.07 Å². The lowest BCUT2D eigenvalue weighted by Crippen LogP contribution is -2.44. The molecule has 1 aromatic rings. The van der Waals surface area contributed by atoms with Crippen LogP contribution in [-0.2, 0) is 14.8 Å². The van der Waals surface area contributed by atoms with Gasteiger partial charge in [-0.1, -0.05) is 0 Å². The van der Waals surface area contributed by atoms with Gasteiger partial charge in [0.05, 0.1) is 26.9 Å². The average Bonchev–Trinajstić information content (AvgIpc) is 2.46. The molecule has 0 spiro atoms. The molecule has 2 rings (SSSR count). The van der Waals surface area contributed by atoms with Gasteiger partial charge in [0, 0.05) is 23.6 Å². The number of ether oxygens (including phenoxy) is 3. The Balaban J connectivity index is 2.44. The van der Waals surface area contributed by atoms with E-state index in [4.69, 9.17) is 14.2 Å². The summed E-state index contributed by atoms with van der Waals surface area (Å²) in [5.74, 6) is 0.847. The molecule has 1 aliphatic rings. The minimum atomic E-state index is -3.61. The number of hydrogen-bond donors (Lipinski definition) is 0. The van der Waals surface area contributed by atoms with Crippen molar-refractivity contribution in [3.05, 3.63) is 16.6 Å². The molecule has 1 unspecified atom stereocenters. The Morgan fingerprint density at radius 3 is 2.48 bits per heavy atom. The minimum absolute atomic E-state index is 0.118. The highest BCUT2D eigenvalue weighted by Crippen LogP contribution is 2.36. The van der Waals surface area contributed by atoms with Crippen molar-refractivity contribution in [1.82, 2.24) is 4.31 Å². The summed E-state index contributed by atoms with van der Waals surface area (Å²) >= 11 is 3.30. The van der Waals surface area contributed by atoms with Crippen molar-refractivity contribution < 1.29 is 22.6 Å². The van der Waals surface area contributed by atoms with Crippen LogP contribution in [0.25, 0.3) is 0 Å². The third-order valence-electron chi connectivity index (χ3n) is 3.26. The van der Waals surface area contributed by atoms with E-state index in [9.17, 15) is 8.42 Å². The number of nitrogens with zero attached hydrogens (tertiary/aromatic N) is 1. The van der Waals surface area contributed by atoms with Gasteiger partial charge >= 0.3 is 0 Å². The van der Waals surface area contributed by atoms with Crippen LogP contribution in [0.2, 0.25) is 0 Å². The van der Waals surface area contributed by atoms with Gasteiger partial charge < -0.3 is 14.2 Å². The lowest BCUT2D eigenvalue weighted by molar-refractivity contribution is 0.0101. The summed E-state index contributed by atoms with van der Waals surface area (Å²) in [7, 11) is -0.639. The van der Waals surface area contributed by atoms with Gasteiger partial charge in [0.1, 0.15) is 4.90 Å². The van der Waals surface area contributed by atoms with Gasteiger partial charge in [-0.05, 0) is 28.9 Å². The fourth-order valence-electron chi connectivity index (χ4n) is 2.18. The third kappa shape index (κ3) is 3.33. The number of benzene rings is 1. The fraction of sp³-hybridized carbons (Fsp3) is 0.538. The number of halogens is 1. The Morgan fingerprint density at radius 1 is 1.29 bits per heavy atom. The quantitative estimate of drug-likeness (QED) is 0.798. The molecule has 0 saturated carbocycles. The van der Waals surface area contributed by atoms with Crippen molar-refractivity contribution in [2.45, 2.75) is 17.9 Å². The van der Waals surface area contributed by atoms with Crippen LogP contribution in [0.4, 0.5) is 0 Å². The topological polar surface area (TPSA) is 65.1 Å². The van der Waals surface area contributed by atoms with Gasteiger partial charge in [0.15, 0.2) is 11.5 Å². The maximum Gasteiger partial charge on any atom is 0.244 e. The predicted molar refractivity (Wildman–Crippen MR) is 81.4 cm³/mol. The summed E-state index contributed by atoms with van der Waals surface area (Å²) < 4.78 is 43.1. The highest BCUT2D eigenvalue weighted by Gasteiger charge is 2.31. The Kier molecular flexibility index (Phi) is 5.13. The molecule has 1 fully saturated rings. The molecule has 8 heteroatoms. The van der Waals surface area contributed by atoms with E-state index in [2.05, 4.69) is 15.9 Å². The van der Waals surface area contributed by atoms with Gasteiger partial charge in [-0.3, -0.25) is 0 Å². The number of rotatable bonds is 4. The minimum Gasteiger partial charge on any atom is -0.493 e. The highest BCUT2D eigenvalue weighted by molar-refractivity contribution is 9.10. The third-order valence-corrected chi connectivity index (χ3v) is 6.08. The van der Waals surface area contributed by atoms with E-state index in [0.29, 0.717) is 35.7 Å². The van der Waals surface area contributed by atoms with E-state index in [0.717, 1.165) is 0 Å². The summed E-state index contributed by atoms with van der Waals surface area (Å²) in [6.07, 6.45) is -0.118. The Labute approximate surface area is 133 Å². The SMILES string of the molecule is COc1cc(Br)c(S(=O)(=O)N2CCOC(C)C2)cc1OC. The van der Waals surface area contributed by atoms with Crippen molar-refractivity contribution in [3.8, 4) is 11.5 Å². The molecule has 6 nitrogen and oxygen atoms in total. The normalized spacial score (nSPS) is 20.3. The van der Waals surface area contributed by atoms with E-state index in [1.807, 2.05) is 6.92 Å². The highest BCUT2D eigenvalue weighted by atomic mass is 79.9. The molecule has 0 amide bonds. The number of morpholine rings is 1. The van der Waals surface area contributed by atoms with Gasteiger partial charge in [-0.15, -0.1) is 0 Å². The Bertz CT molecular complexity index is 619. The van der Waals surface area contributed by atoms with E-state index in [-0.39, 0.29) is 11.0 Å². The first-order chi connectivity index (χ1) is 9.90. The van der Waals surface area contributed by atoms with Crippen molar-refractivity contribution >= 4 is 26.0 Å². The number of hydrogen-bond acceptors (Lipinski definition) is 5. The molecule has 0 N–H and O–H groups in total. The maximum absolute atomic E-state index is 12.8. The lowest BCUT2D eigenvalue weighted by Gasteiger charge is -2.30. The zero-order valence-electron chi connectivity index (χ0n) is 12.1. The molecule has 118 valence electrons. The number of sulfonamides is 1. The lowest BCUT2D eigenvalue weighted by atomic mass is 10.3. The van der Waals surface area contributed by atoms with Crippen LogP contribution < -0.4 is 9.47 Å². The molecule has 0 aromatic heterocycles. The van der Waals surface area contributed by atoms with Crippen LogP contribution in [0.15, 0.2) is 21.5 Å². The molecule has 0 aliphatic carbocycles. The second-order valence-corrected chi connectivity index (χ2v) is 7.44. The van der Waals surface area contributed by atoms with Crippen molar-refractivity contribution in [2.24, 2.45) is 0 Å². The smallest absolute Gasteiger partial charge is 0.244 e. The average molecular weight is 380 g/mol. The van der Waals surface area contributed by atoms with Gasteiger partial charge in [0.2, 0.25) is 10.0 Å². The molecular weight excluding hydrogens is 362 g/mol. The molecule has 1 saturated heterocycles.